The third-order valence-corrected chi connectivity index (χ3v) is 5.01. The van der Waals surface area contributed by atoms with Crippen molar-refractivity contribution in [1.29, 1.82) is 0 Å². The Morgan fingerprint density at radius 3 is 2.57 bits per heavy atom. The lowest BCUT2D eigenvalue weighted by Gasteiger charge is -2.21. The number of nitro groups is 1. The first kappa shape index (κ1) is 17.5. The average Bonchev–Trinajstić information content (AvgIpc) is 2.42. The van der Waals surface area contributed by atoms with E-state index in [-0.39, 0.29) is 42.4 Å². The molecule has 0 spiro atoms. The smallest absolute Gasteiger partial charge is 0.273 e. The van der Waals surface area contributed by atoms with Crippen molar-refractivity contribution in [1.82, 2.24) is 4.31 Å². The van der Waals surface area contributed by atoms with Crippen LogP contribution >= 0.6 is 0 Å². The maximum Gasteiger partial charge on any atom is 0.273 e. The average molecular weight is 318 g/mol. The van der Waals surface area contributed by atoms with E-state index in [0.29, 0.717) is 0 Å². The molecule has 0 aromatic heterocycles. The van der Waals surface area contributed by atoms with Crippen LogP contribution in [0.1, 0.15) is 5.56 Å². The Kier molecular flexibility index (Phi) is 6.21. The van der Waals surface area contributed by atoms with Crippen LogP contribution in [0.4, 0.5) is 5.69 Å². The van der Waals surface area contributed by atoms with Gasteiger partial charge in [0.05, 0.1) is 23.0 Å². The van der Waals surface area contributed by atoms with E-state index in [1.54, 1.807) is 0 Å². The van der Waals surface area contributed by atoms with Gasteiger partial charge in [0.15, 0.2) is 0 Å². The van der Waals surface area contributed by atoms with Crippen LogP contribution in [0, 0.1) is 17.0 Å². The quantitative estimate of drug-likeness (QED) is 0.553. The van der Waals surface area contributed by atoms with Gasteiger partial charge < -0.3 is 9.84 Å². The molecule has 0 atom stereocenters. The standard InChI is InChI=1S/C12H18N2O6S/c1-10-11(14(16)17)4-3-5-12(10)21(18,19)13(6-8-15)7-9-20-2/h3-5,15H,6-9H2,1-2H3. The highest BCUT2D eigenvalue weighted by atomic mass is 32.2. The summed E-state index contributed by atoms with van der Waals surface area (Å²) in [4.78, 5) is 10.1. The number of methoxy groups -OCH3 is 1. The van der Waals surface area contributed by atoms with E-state index >= 15 is 0 Å². The predicted octanol–water partition coefficient (Wildman–Crippen LogP) is 0.533. The van der Waals surface area contributed by atoms with Crippen LogP contribution in [0.3, 0.4) is 0 Å². The van der Waals surface area contributed by atoms with E-state index in [1.165, 1.54) is 32.2 Å². The molecule has 9 heteroatoms. The number of aliphatic hydroxyl groups excluding tert-OH is 1. The predicted molar refractivity (Wildman–Crippen MR) is 75.6 cm³/mol. The third-order valence-electron chi connectivity index (χ3n) is 2.96. The summed E-state index contributed by atoms with van der Waals surface area (Å²) in [6, 6.07) is 3.89. The van der Waals surface area contributed by atoms with Gasteiger partial charge in [-0.25, -0.2) is 8.42 Å². The lowest BCUT2D eigenvalue weighted by atomic mass is 10.2. The van der Waals surface area contributed by atoms with Gasteiger partial charge in [-0.1, -0.05) is 6.07 Å². The highest BCUT2D eigenvalue weighted by Gasteiger charge is 2.28. The second-order valence-corrected chi connectivity index (χ2v) is 6.18. The summed E-state index contributed by atoms with van der Waals surface area (Å²) >= 11 is 0. The van der Waals surface area contributed by atoms with Crippen molar-refractivity contribution in [3.05, 3.63) is 33.9 Å². The maximum atomic E-state index is 12.6. The van der Waals surface area contributed by atoms with E-state index in [9.17, 15) is 18.5 Å². The number of ether oxygens (including phenoxy) is 1. The van der Waals surface area contributed by atoms with E-state index in [4.69, 9.17) is 9.84 Å². The summed E-state index contributed by atoms with van der Waals surface area (Å²) in [6.45, 7) is 1.15. The Labute approximate surface area is 123 Å². The summed E-state index contributed by atoms with van der Waals surface area (Å²) < 4.78 is 31.0. The number of sulfonamides is 1. The molecule has 8 nitrogen and oxygen atoms in total. The molecule has 0 saturated heterocycles. The number of nitrogens with zero attached hydrogens (tertiary/aromatic N) is 2. The van der Waals surface area contributed by atoms with Crippen molar-refractivity contribution in [2.45, 2.75) is 11.8 Å². The van der Waals surface area contributed by atoms with Crippen LogP contribution in [0.5, 0.6) is 0 Å². The molecule has 0 aliphatic heterocycles. The number of hydrogen-bond donors (Lipinski definition) is 1. The minimum atomic E-state index is -3.93. The maximum absolute atomic E-state index is 12.6. The molecular weight excluding hydrogens is 300 g/mol. The first-order chi connectivity index (χ1) is 9.86. The summed E-state index contributed by atoms with van der Waals surface area (Å²) in [7, 11) is -2.50. The van der Waals surface area contributed by atoms with Gasteiger partial charge in [-0.15, -0.1) is 0 Å². The van der Waals surface area contributed by atoms with Crippen molar-refractivity contribution in [2.24, 2.45) is 0 Å². The van der Waals surface area contributed by atoms with Crippen LogP contribution in [-0.4, -0.2) is 56.2 Å². The van der Waals surface area contributed by atoms with E-state index in [0.717, 1.165) is 4.31 Å². The lowest BCUT2D eigenvalue weighted by molar-refractivity contribution is -0.385. The molecule has 0 saturated carbocycles. The van der Waals surface area contributed by atoms with Gasteiger partial charge in [-0.2, -0.15) is 4.31 Å². The molecule has 21 heavy (non-hydrogen) atoms. The molecule has 0 bridgehead atoms. The number of aliphatic hydroxyl groups is 1. The number of benzene rings is 1. The molecule has 0 radical (unpaired) electrons. The third kappa shape index (κ3) is 3.97. The monoisotopic (exact) mass is 318 g/mol. The van der Waals surface area contributed by atoms with Crippen LogP contribution in [0.15, 0.2) is 23.1 Å². The number of nitro benzene ring substituents is 1. The van der Waals surface area contributed by atoms with Gasteiger partial charge in [0.1, 0.15) is 0 Å². The van der Waals surface area contributed by atoms with E-state index in [2.05, 4.69) is 0 Å². The summed E-state index contributed by atoms with van der Waals surface area (Å²) in [5.41, 5.74) is -0.186. The Hall–Kier alpha value is -1.55. The molecule has 0 fully saturated rings. The molecule has 1 rings (SSSR count). The summed E-state index contributed by atoms with van der Waals surface area (Å²) in [6.07, 6.45) is 0. The Morgan fingerprint density at radius 2 is 2.05 bits per heavy atom. The molecule has 0 unspecified atom stereocenters. The van der Waals surface area contributed by atoms with Crippen molar-refractivity contribution in [2.75, 3.05) is 33.4 Å². The molecule has 0 aliphatic rings. The first-order valence-electron chi connectivity index (χ1n) is 6.20. The number of hydrogen-bond acceptors (Lipinski definition) is 6. The van der Waals surface area contributed by atoms with Gasteiger partial charge in [-0.3, -0.25) is 10.1 Å². The second-order valence-electron chi connectivity index (χ2n) is 4.28. The molecule has 0 aliphatic carbocycles. The number of rotatable bonds is 8. The Morgan fingerprint density at radius 1 is 1.38 bits per heavy atom. The molecule has 1 aromatic carbocycles. The fourth-order valence-electron chi connectivity index (χ4n) is 1.88. The topological polar surface area (TPSA) is 110 Å². The van der Waals surface area contributed by atoms with Crippen LogP contribution in [0.2, 0.25) is 0 Å². The van der Waals surface area contributed by atoms with Gasteiger partial charge in [-0.05, 0) is 13.0 Å². The normalized spacial score (nSPS) is 11.8. The van der Waals surface area contributed by atoms with Crippen LogP contribution in [-0.2, 0) is 14.8 Å². The van der Waals surface area contributed by atoms with E-state index in [1.807, 2.05) is 0 Å². The van der Waals surface area contributed by atoms with Gasteiger partial charge in [0, 0.05) is 31.8 Å². The molecule has 0 amide bonds. The first-order valence-corrected chi connectivity index (χ1v) is 7.64. The minimum Gasteiger partial charge on any atom is -0.395 e. The second kappa shape index (κ2) is 7.46. The van der Waals surface area contributed by atoms with Gasteiger partial charge >= 0.3 is 0 Å². The van der Waals surface area contributed by atoms with Crippen molar-refractivity contribution >= 4 is 15.7 Å². The lowest BCUT2D eigenvalue weighted by Crippen LogP contribution is -2.36. The van der Waals surface area contributed by atoms with Gasteiger partial charge in [0.2, 0.25) is 10.0 Å². The SMILES string of the molecule is COCCN(CCO)S(=O)(=O)c1cccc([N+](=O)[O-])c1C. The summed E-state index contributed by atoms with van der Waals surface area (Å²) in [5, 5.41) is 19.9. The molecule has 1 aromatic rings. The molecule has 0 heterocycles. The highest BCUT2D eigenvalue weighted by Crippen LogP contribution is 2.26. The summed E-state index contributed by atoms with van der Waals surface area (Å²) in [5.74, 6) is 0. The van der Waals surface area contributed by atoms with Crippen molar-refractivity contribution < 1.29 is 23.2 Å². The highest BCUT2D eigenvalue weighted by molar-refractivity contribution is 7.89. The molecule has 1 N–H and O–H groups in total. The van der Waals surface area contributed by atoms with Crippen molar-refractivity contribution in [3.8, 4) is 0 Å². The minimum absolute atomic E-state index is 0.0571. The van der Waals surface area contributed by atoms with Crippen LogP contribution in [0.25, 0.3) is 0 Å². The van der Waals surface area contributed by atoms with Crippen LogP contribution < -0.4 is 0 Å². The molecule has 118 valence electrons. The largest absolute Gasteiger partial charge is 0.395 e. The van der Waals surface area contributed by atoms with E-state index < -0.39 is 14.9 Å². The zero-order valence-corrected chi connectivity index (χ0v) is 12.7. The molecular formula is C12H18N2O6S. The fraction of sp³-hybridized carbons (Fsp3) is 0.500. The van der Waals surface area contributed by atoms with Crippen molar-refractivity contribution in [3.63, 3.8) is 0 Å². The zero-order chi connectivity index (χ0) is 16.0. The van der Waals surface area contributed by atoms with Gasteiger partial charge in [0.25, 0.3) is 5.69 Å². The Bertz CT molecular complexity index is 602. The fourth-order valence-corrected chi connectivity index (χ4v) is 3.53. The zero-order valence-electron chi connectivity index (χ0n) is 11.9. The Balaban J connectivity index is 3.27.